The molecule has 0 N–H and O–H groups in total. The van der Waals surface area contributed by atoms with Gasteiger partial charge in [0.15, 0.2) is 0 Å². The van der Waals surface area contributed by atoms with E-state index >= 15 is 0 Å². The van der Waals surface area contributed by atoms with Gasteiger partial charge in [0.2, 0.25) is 0 Å². The third-order valence-electron chi connectivity index (χ3n) is 0.377. The molecule has 0 aromatic rings. The maximum absolute atomic E-state index is 5.36. The van der Waals surface area contributed by atoms with Crippen LogP contribution in [0.5, 0.6) is 0 Å². The molecule has 0 aliphatic rings. The van der Waals surface area contributed by atoms with Crippen LogP contribution in [0.25, 0.3) is 0 Å². The van der Waals surface area contributed by atoms with Crippen LogP contribution in [-0.4, -0.2) is 4.88 Å². The summed E-state index contributed by atoms with van der Waals surface area (Å²) in [7, 11) is 5.36. The van der Waals surface area contributed by atoms with Gasteiger partial charge in [-0.25, -0.2) is 0 Å². The first-order chi connectivity index (χ1) is 3.41. The molecule has 0 amide bonds. The molecule has 0 unspecified atom stereocenters. The van der Waals surface area contributed by atoms with Crippen LogP contribution < -0.4 is 0 Å². The van der Waals surface area contributed by atoms with Crippen molar-refractivity contribution in [3.8, 4) is 0 Å². The number of allylic oxidation sites excluding steroid dienone is 3. The molecule has 0 rings (SSSR count). The Labute approximate surface area is 53.9 Å². The van der Waals surface area contributed by atoms with Gasteiger partial charge in [-0.3, -0.25) is 0 Å². The fourth-order valence-corrected chi connectivity index (χ4v) is 0.633. The van der Waals surface area contributed by atoms with Gasteiger partial charge in [-0.05, 0) is 0 Å². The SMILES string of the molecule is C=C/C=C\[CH]=[Cr][Cl]. The van der Waals surface area contributed by atoms with Gasteiger partial charge in [-0.15, -0.1) is 0 Å². The minimum absolute atomic E-state index is 0.138. The first-order valence-electron chi connectivity index (χ1n) is 1.80. The molecule has 0 fully saturated rings. The Balaban J connectivity index is 3.27. The van der Waals surface area contributed by atoms with Crippen molar-refractivity contribution >= 4 is 14.9 Å². The Bertz CT molecular complexity index is 94.3. The van der Waals surface area contributed by atoms with E-state index in [-0.39, 0.29) is 13.9 Å². The average molecular weight is 154 g/mol. The van der Waals surface area contributed by atoms with Crippen LogP contribution in [0.3, 0.4) is 0 Å². The van der Waals surface area contributed by atoms with Crippen LogP contribution in [0, 0.1) is 0 Å². The molecule has 39 valence electrons. The van der Waals surface area contributed by atoms with Crippen molar-refractivity contribution in [3.05, 3.63) is 24.8 Å². The molecule has 0 atom stereocenters. The molecule has 0 bridgehead atoms. The third kappa shape index (κ3) is 6.17. The number of halogens is 1. The number of hydrogen-bond acceptors (Lipinski definition) is 0. The van der Waals surface area contributed by atoms with Gasteiger partial charge >= 0.3 is 53.6 Å². The van der Waals surface area contributed by atoms with Gasteiger partial charge in [0.1, 0.15) is 0 Å². The van der Waals surface area contributed by atoms with Crippen molar-refractivity contribution in [3.63, 3.8) is 0 Å². The summed E-state index contributed by atoms with van der Waals surface area (Å²) >= 11 is 0.138. The van der Waals surface area contributed by atoms with Gasteiger partial charge < -0.3 is 0 Å². The Hall–Kier alpha value is 0.172. The van der Waals surface area contributed by atoms with Crippen LogP contribution in [0.15, 0.2) is 24.8 Å². The van der Waals surface area contributed by atoms with Crippen LogP contribution in [0.1, 0.15) is 0 Å². The van der Waals surface area contributed by atoms with Gasteiger partial charge in [0, 0.05) is 0 Å². The fourth-order valence-electron chi connectivity index (χ4n) is 0.154. The van der Waals surface area contributed by atoms with E-state index in [0.29, 0.717) is 0 Å². The Morgan fingerprint density at radius 2 is 2.14 bits per heavy atom. The van der Waals surface area contributed by atoms with E-state index < -0.39 is 0 Å². The average Bonchev–Trinajstić information content (AvgIpc) is 1.69. The summed E-state index contributed by atoms with van der Waals surface area (Å²) < 4.78 is 0. The second kappa shape index (κ2) is 6.17. The first kappa shape index (κ1) is 7.17. The van der Waals surface area contributed by atoms with Gasteiger partial charge in [0.25, 0.3) is 0 Å². The normalized spacial score (nSPS) is 11.0. The molecule has 0 aliphatic heterocycles. The summed E-state index contributed by atoms with van der Waals surface area (Å²) in [5.41, 5.74) is 0. The molecular formula is C5H6ClCr. The van der Waals surface area contributed by atoms with E-state index in [0.717, 1.165) is 0 Å². The van der Waals surface area contributed by atoms with Crippen LogP contribution in [0.4, 0.5) is 0 Å². The summed E-state index contributed by atoms with van der Waals surface area (Å²) in [4.78, 5) is 1.91. The molecular weight excluding hydrogens is 148 g/mol. The quantitative estimate of drug-likeness (QED) is 0.531. The molecule has 0 saturated carbocycles. The second-order valence-corrected chi connectivity index (χ2v) is 2.28. The van der Waals surface area contributed by atoms with Crippen molar-refractivity contribution in [1.82, 2.24) is 0 Å². The third-order valence-corrected chi connectivity index (χ3v) is 1.21. The zero-order valence-corrected chi connectivity index (χ0v) is 5.83. The maximum atomic E-state index is 5.36. The van der Waals surface area contributed by atoms with Crippen molar-refractivity contribution in [2.24, 2.45) is 0 Å². The molecule has 0 radical (unpaired) electrons. The topological polar surface area (TPSA) is 0 Å². The Morgan fingerprint density at radius 3 is 2.57 bits per heavy atom. The molecule has 0 saturated heterocycles. The predicted octanol–water partition coefficient (Wildman–Crippen LogP) is 1.77. The van der Waals surface area contributed by atoms with Crippen LogP contribution in [0.2, 0.25) is 0 Å². The van der Waals surface area contributed by atoms with Gasteiger partial charge in [0.05, 0.1) is 0 Å². The predicted molar refractivity (Wildman–Crippen MR) is 31.3 cm³/mol. The van der Waals surface area contributed by atoms with Crippen molar-refractivity contribution in [1.29, 1.82) is 0 Å². The zero-order chi connectivity index (χ0) is 5.54. The number of rotatable bonds is 2. The summed E-state index contributed by atoms with van der Waals surface area (Å²) in [5.74, 6) is 0. The molecule has 2 heteroatoms. The van der Waals surface area contributed by atoms with E-state index in [2.05, 4.69) is 6.58 Å². The Morgan fingerprint density at radius 1 is 1.43 bits per heavy atom. The number of hydrogen-bond donors (Lipinski definition) is 0. The second-order valence-electron chi connectivity index (χ2n) is 0.846. The minimum atomic E-state index is 0.138. The molecule has 0 nitrogen and oxygen atoms in total. The van der Waals surface area contributed by atoms with Crippen molar-refractivity contribution < 1.29 is 13.9 Å². The fraction of sp³-hybridized carbons (Fsp3) is 0. The summed E-state index contributed by atoms with van der Waals surface area (Å²) in [6.07, 6.45) is 5.46. The zero-order valence-electron chi connectivity index (χ0n) is 3.80. The van der Waals surface area contributed by atoms with E-state index in [4.69, 9.17) is 10.0 Å². The molecule has 0 heterocycles. The standard InChI is InChI=1S/C5H6.ClH.Cr/c1-3-5-4-2;;/h1,3-5H,2H2;1H;/q;;+1/p-1/b5-3-;;. The van der Waals surface area contributed by atoms with E-state index in [1.54, 1.807) is 6.08 Å². The van der Waals surface area contributed by atoms with Crippen molar-refractivity contribution in [2.75, 3.05) is 0 Å². The van der Waals surface area contributed by atoms with Gasteiger partial charge in [-0.1, -0.05) is 0 Å². The van der Waals surface area contributed by atoms with Crippen LogP contribution >= 0.6 is 10.0 Å². The van der Waals surface area contributed by atoms with Crippen LogP contribution in [-0.2, 0) is 13.9 Å². The summed E-state index contributed by atoms with van der Waals surface area (Å²) in [6, 6.07) is 0. The Kier molecular flexibility index (Phi) is 6.32. The first-order valence-corrected chi connectivity index (χ1v) is 4.29. The molecule has 0 aromatic heterocycles. The molecule has 7 heavy (non-hydrogen) atoms. The summed E-state index contributed by atoms with van der Waals surface area (Å²) in [6.45, 7) is 3.49. The van der Waals surface area contributed by atoms with E-state index in [9.17, 15) is 0 Å². The molecule has 0 aliphatic carbocycles. The van der Waals surface area contributed by atoms with E-state index in [1.165, 1.54) is 0 Å². The van der Waals surface area contributed by atoms with Crippen molar-refractivity contribution in [2.45, 2.75) is 0 Å². The molecule has 0 spiro atoms. The molecule has 0 aromatic carbocycles. The van der Waals surface area contributed by atoms with E-state index in [1.807, 2.05) is 17.0 Å². The summed E-state index contributed by atoms with van der Waals surface area (Å²) in [5, 5.41) is 0. The monoisotopic (exact) mass is 153 g/mol. The van der Waals surface area contributed by atoms with Gasteiger partial charge in [-0.2, -0.15) is 0 Å².